The first-order chi connectivity index (χ1) is 16.1. The molecule has 1 aliphatic rings. The number of fused-ring (bicyclic) bond motifs is 1. The monoisotopic (exact) mass is 565 g/mol. The van der Waals surface area contributed by atoms with Crippen LogP contribution in [0.1, 0.15) is 40.0 Å². The topological polar surface area (TPSA) is 85.9 Å². The van der Waals surface area contributed by atoms with E-state index in [1.165, 1.54) is 11.3 Å². The summed E-state index contributed by atoms with van der Waals surface area (Å²) in [5.41, 5.74) is 3.37. The number of aryl methyl sites for hydroxylation is 1. The third-order valence-electron chi connectivity index (χ3n) is 5.38. The number of hydrogen-bond acceptors (Lipinski definition) is 5. The highest BCUT2D eigenvalue weighted by Gasteiger charge is 2.22. The van der Waals surface area contributed by atoms with Crippen LogP contribution in [0.25, 0.3) is 6.08 Å². The van der Waals surface area contributed by atoms with Gasteiger partial charge in [0.15, 0.2) is 0 Å². The molecule has 0 unspecified atom stereocenters. The molecule has 0 atom stereocenters. The van der Waals surface area contributed by atoms with Gasteiger partial charge in [0.25, 0.3) is 5.91 Å². The highest BCUT2D eigenvalue weighted by Crippen LogP contribution is 2.37. The average Bonchev–Trinajstić information content (AvgIpc) is 3.19. The molecule has 33 heavy (non-hydrogen) atoms. The molecule has 1 heterocycles. The summed E-state index contributed by atoms with van der Waals surface area (Å²) in [6, 6.07) is 19.7. The van der Waals surface area contributed by atoms with Gasteiger partial charge in [-0.25, -0.2) is 0 Å². The third-order valence-corrected chi connectivity index (χ3v) is 7.43. The fraction of sp³-hybridized carbons (Fsp3) is 0.192. The van der Waals surface area contributed by atoms with Gasteiger partial charge in [0.1, 0.15) is 35.1 Å². The molecule has 4 rings (SSSR count). The molecule has 164 valence electrons. The van der Waals surface area contributed by atoms with Crippen LogP contribution in [0.15, 0.2) is 54.1 Å². The van der Waals surface area contributed by atoms with Crippen LogP contribution in [0, 0.1) is 26.2 Å². The summed E-state index contributed by atoms with van der Waals surface area (Å²) >= 11 is 3.63. The number of anilines is 1. The molecule has 2 aromatic carbocycles. The molecule has 0 fully saturated rings. The van der Waals surface area contributed by atoms with E-state index in [1.54, 1.807) is 6.08 Å². The van der Waals surface area contributed by atoms with E-state index in [0.29, 0.717) is 17.2 Å². The lowest BCUT2D eigenvalue weighted by Crippen LogP contribution is -2.13. The Morgan fingerprint density at radius 3 is 2.67 bits per heavy atom. The summed E-state index contributed by atoms with van der Waals surface area (Å²) in [7, 11) is 0. The van der Waals surface area contributed by atoms with Crippen molar-refractivity contribution in [3.05, 3.63) is 84.8 Å². The van der Waals surface area contributed by atoms with Crippen molar-refractivity contribution in [1.29, 1.82) is 10.5 Å². The first-order valence-electron chi connectivity index (χ1n) is 10.5. The maximum absolute atomic E-state index is 12.8. The SMILES string of the molecule is N#C/C(=C\c1ccc(OCc2ccccc2)c(I)c1)C(=O)Nc1sc2c(c1C#N)CCCC2. The van der Waals surface area contributed by atoms with Crippen LogP contribution in [-0.4, -0.2) is 5.91 Å². The lowest BCUT2D eigenvalue weighted by atomic mass is 9.96. The zero-order chi connectivity index (χ0) is 23.2. The fourth-order valence-electron chi connectivity index (χ4n) is 3.72. The van der Waals surface area contributed by atoms with Gasteiger partial charge in [-0.1, -0.05) is 36.4 Å². The van der Waals surface area contributed by atoms with E-state index in [4.69, 9.17) is 4.74 Å². The highest BCUT2D eigenvalue weighted by atomic mass is 127. The number of benzene rings is 2. The van der Waals surface area contributed by atoms with E-state index in [1.807, 2.05) is 54.6 Å². The summed E-state index contributed by atoms with van der Waals surface area (Å²) < 4.78 is 6.78. The van der Waals surface area contributed by atoms with Crippen molar-refractivity contribution in [2.75, 3.05) is 5.32 Å². The maximum atomic E-state index is 12.8. The first kappa shape index (κ1) is 23.0. The van der Waals surface area contributed by atoms with E-state index in [-0.39, 0.29) is 5.57 Å². The number of nitrogens with one attached hydrogen (secondary N) is 1. The highest BCUT2D eigenvalue weighted by molar-refractivity contribution is 14.1. The Hall–Kier alpha value is -3.14. The number of rotatable bonds is 6. The largest absolute Gasteiger partial charge is 0.488 e. The van der Waals surface area contributed by atoms with Crippen molar-refractivity contribution in [2.24, 2.45) is 0 Å². The van der Waals surface area contributed by atoms with Crippen LogP contribution in [0.3, 0.4) is 0 Å². The van der Waals surface area contributed by atoms with E-state index in [0.717, 1.165) is 56.6 Å². The van der Waals surface area contributed by atoms with Gasteiger partial charge in [-0.3, -0.25) is 4.79 Å². The van der Waals surface area contributed by atoms with E-state index in [9.17, 15) is 15.3 Å². The Morgan fingerprint density at radius 1 is 1.15 bits per heavy atom. The molecule has 1 aliphatic carbocycles. The molecule has 0 aliphatic heterocycles. The summed E-state index contributed by atoms with van der Waals surface area (Å²) in [6.07, 6.45) is 5.50. The van der Waals surface area contributed by atoms with Gasteiger partial charge in [-0.2, -0.15) is 10.5 Å². The minimum absolute atomic E-state index is 0.0148. The number of nitrogens with zero attached hydrogens (tertiary/aromatic N) is 2. The molecule has 3 aromatic rings. The van der Waals surface area contributed by atoms with Gasteiger partial charge in [0, 0.05) is 4.88 Å². The van der Waals surface area contributed by atoms with E-state index < -0.39 is 5.91 Å². The Bertz CT molecular complexity index is 1300. The molecule has 7 heteroatoms. The van der Waals surface area contributed by atoms with Gasteiger partial charge in [-0.05, 0) is 83.2 Å². The summed E-state index contributed by atoms with van der Waals surface area (Å²) in [5.74, 6) is 0.231. The smallest absolute Gasteiger partial charge is 0.266 e. The van der Waals surface area contributed by atoms with Crippen molar-refractivity contribution < 1.29 is 9.53 Å². The molecule has 0 saturated carbocycles. The molecule has 0 radical (unpaired) electrons. The second kappa shape index (κ2) is 10.7. The van der Waals surface area contributed by atoms with Crippen LogP contribution in [0.4, 0.5) is 5.00 Å². The second-order valence-electron chi connectivity index (χ2n) is 7.61. The quantitative estimate of drug-likeness (QED) is 0.218. The third kappa shape index (κ3) is 5.44. The number of ether oxygens (including phenoxy) is 1. The Labute approximate surface area is 210 Å². The number of carbonyl (C=O) groups is 1. The van der Waals surface area contributed by atoms with Crippen LogP contribution < -0.4 is 10.1 Å². The van der Waals surface area contributed by atoms with E-state index >= 15 is 0 Å². The molecular weight excluding hydrogens is 545 g/mol. The lowest BCUT2D eigenvalue weighted by molar-refractivity contribution is -0.112. The summed E-state index contributed by atoms with van der Waals surface area (Å²) in [5, 5.41) is 22.5. The van der Waals surface area contributed by atoms with Crippen molar-refractivity contribution in [2.45, 2.75) is 32.3 Å². The van der Waals surface area contributed by atoms with Crippen LogP contribution in [-0.2, 0) is 24.2 Å². The minimum Gasteiger partial charge on any atom is -0.488 e. The molecule has 0 saturated heterocycles. The van der Waals surface area contributed by atoms with Crippen LogP contribution >= 0.6 is 33.9 Å². The molecule has 1 aromatic heterocycles. The van der Waals surface area contributed by atoms with Crippen molar-refractivity contribution in [3.8, 4) is 17.9 Å². The van der Waals surface area contributed by atoms with Crippen LogP contribution in [0.2, 0.25) is 0 Å². The van der Waals surface area contributed by atoms with Gasteiger partial charge >= 0.3 is 0 Å². The molecule has 1 N–H and O–H groups in total. The van der Waals surface area contributed by atoms with Gasteiger partial charge in [0.2, 0.25) is 0 Å². The Balaban J connectivity index is 1.49. The van der Waals surface area contributed by atoms with Crippen molar-refractivity contribution in [3.63, 3.8) is 0 Å². The number of thiophene rings is 1. The molecule has 1 amide bonds. The first-order valence-corrected chi connectivity index (χ1v) is 12.4. The van der Waals surface area contributed by atoms with Gasteiger partial charge in [-0.15, -0.1) is 11.3 Å². The number of carbonyl (C=O) groups excluding carboxylic acids is 1. The standard InChI is InChI=1S/C26H20IN3O2S/c27-22-13-18(10-11-23(22)32-16-17-6-2-1-3-7-17)12-19(14-28)25(31)30-26-21(15-29)20-8-4-5-9-24(20)33-26/h1-3,6-7,10-13H,4-5,8-9,16H2,(H,30,31)/b19-12+. The number of nitriles is 2. The predicted octanol–water partition coefficient (Wildman–Crippen LogP) is 6.23. The predicted molar refractivity (Wildman–Crippen MR) is 138 cm³/mol. The van der Waals surface area contributed by atoms with Gasteiger partial charge < -0.3 is 10.1 Å². The second-order valence-corrected chi connectivity index (χ2v) is 9.88. The van der Waals surface area contributed by atoms with Gasteiger partial charge in [0.05, 0.1) is 9.13 Å². The van der Waals surface area contributed by atoms with E-state index in [2.05, 4.69) is 34.0 Å². The number of halogens is 1. The Kier molecular flexibility index (Phi) is 7.43. The summed E-state index contributed by atoms with van der Waals surface area (Å²) in [4.78, 5) is 14.0. The minimum atomic E-state index is -0.507. The van der Waals surface area contributed by atoms with Crippen LogP contribution in [0.5, 0.6) is 5.75 Å². The zero-order valence-corrected chi connectivity index (χ0v) is 20.7. The maximum Gasteiger partial charge on any atom is 0.266 e. The van der Waals surface area contributed by atoms with Crippen molar-refractivity contribution in [1.82, 2.24) is 0 Å². The molecule has 5 nitrogen and oxygen atoms in total. The zero-order valence-electron chi connectivity index (χ0n) is 17.7. The normalized spacial score (nSPS) is 12.9. The molecule has 0 spiro atoms. The summed E-state index contributed by atoms with van der Waals surface area (Å²) in [6.45, 7) is 0.462. The van der Waals surface area contributed by atoms with Crippen molar-refractivity contribution >= 4 is 50.9 Å². The molecular formula is C26H20IN3O2S. The number of hydrogen-bond donors (Lipinski definition) is 1. The fourth-order valence-corrected chi connectivity index (χ4v) is 5.65. The Morgan fingerprint density at radius 2 is 1.94 bits per heavy atom. The number of amides is 1. The average molecular weight is 565 g/mol. The molecule has 0 bridgehead atoms. The lowest BCUT2D eigenvalue weighted by Gasteiger charge is -2.09.